The smallest absolute Gasteiger partial charge is 0.123 e. The molecule has 0 spiro atoms. The van der Waals surface area contributed by atoms with Gasteiger partial charge in [-0.1, -0.05) is 0 Å². The molecule has 0 atom stereocenters. The van der Waals surface area contributed by atoms with Crippen LogP contribution in [-0.2, 0) is 7.05 Å². The second-order valence-electron chi connectivity index (χ2n) is 2.10. The van der Waals surface area contributed by atoms with Crippen molar-refractivity contribution >= 4 is 37.6 Å². The number of hydrogen-bond acceptors (Lipinski definition) is 2. The van der Waals surface area contributed by atoms with E-state index in [1.807, 2.05) is 24.0 Å². The van der Waals surface area contributed by atoms with E-state index in [4.69, 9.17) is 0 Å². The van der Waals surface area contributed by atoms with Crippen LogP contribution in [0.4, 0.5) is 0 Å². The van der Waals surface area contributed by atoms with Gasteiger partial charge < -0.3 is 4.57 Å². The van der Waals surface area contributed by atoms with E-state index in [-0.39, 0.29) is 0 Å². The standard InChI is InChI=1S/C6H5BrN2S/c1-9-3-8-4-2-5(7)10-6(4)9/h2-3H,1H3. The van der Waals surface area contributed by atoms with E-state index in [2.05, 4.69) is 20.9 Å². The molecule has 0 radical (unpaired) electrons. The van der Waals surface area contributed by atoms with Gasteiger partial charge in [0.15, 0.2) is 0 Å². The van der Waals surface area contributed by atoms with Crippen LogP contribution in [0, 0.1) is 0 Å². The predicted molar refractivity (Wildman–Crippen MR) is 46.3 cm³/mol. The molecular weight excluding hydrogens is 212 g/mol. The zero-order valence-corrected chi connectivity index (χ0v) is 7.74. The van der Waals surface area contributed by atoms with Crippen LogP contribution in [0.2, 0.25) is 0 Å². The Morgan fingerprint density at radius 2 is 2.50 bits per heavy atom. The lowest BCUT2D eigenvalue weighted by atomic mass is 10.6. The average Bonchev–Trinajstić information content (AvgIpc) is 2.35. The second kappa shape index (κ2) is 2.07. The molecule has 0 saturated heterocycles. The number of hydrogen-bond donors (Lipinski definition) is 0. The van der Waals surface area contributed by atoms with Crippen LogP contribution in [-0.4, -0.2) is 9.55 Å². The highest BCUT2D eigenvalue weighted by Crippen LogP contribution is 2.27. The van der Waals surface area contributed by atoms with Gasteiger partial charge in [0, 0.05) is 7.05 Å². The van der Waals surface area contributed by atoms with Crippen molar-refractivity contribution < 1.29 is 0 Å². The SMILES string of the molecule is Cn1cnc2cc(Br)sc21. The van der Waals surface area contributed by atoms with Gasteiger partial charge in [0.1, 0.15) is 10.3 Å². The molecule has 52 valence electrons. The van der Waals surface area contributed by atoms with E-state index in [0.29, 0.717) is 0 Å². The zero-order valence-electron chi connectivity index (χ0n) is 5.34. The molecule has 0 bridgehead atoms. The molecule has 0 aliphatic rings. The second-order valence-corrected chi connectivity index (χ2v) is 4.51. The normalized spacial score (nSPS) is 11.0. The number of aryl methyl sites for hydroxylation is 1. The largest absolute Gasteiger partial charge is 0.325 e. The van der Waals surface area contributed by atoms with E-state index in [1.54, 1.807) is 11.3 Å². The molecule has 4 heteroatoms. The Bertz CT molecular complexity index is 363. The minimum Gasteiger partial charge on any atom is -0.325 e. The molecule has 10 heavy (non-hydrogen) atoms. The number of nitrogens with zero attached hydrogens (tertiary/aromatic N) is 2. The first-order valence-electron chi connectivity index (χ1n) is 2.84. The fourth-order valence-corrected chi connectivity index (χ4v) is 2.33. The summed E-state index contributed by atoms with van der Waals surface area (Å²) in [7, 11) is 2.00. The summed E-state index contributed by atoms with van der Waals surface area (Å²) < 4.78 is 3.16. The van der Waals surface area contributed by atoms with Gasteiger partial charge in [0.05, 0.1) is 10.1 Å². The summed E-state index contributed by atoms with van der Waals surface area (Å²) in [4.78, 5) is 5.40. The Morgan fingerprint density at radius 3 is 3.20 bits per heavy atom. The topological polar surface area (TPSA) is 17.8 Å². The van der Waals surface area contributed by atoms with Crippen molar-refractivity contribution in [1.82, 2.24) is 9.55 Å². The van der Waals surface area contributed by atoms with Crippen molar-refractivity contribution in [2.75, 3.05) is 0 Å². The van der Waals surface area contributed by atoms with E-state index >= 15 is 0 Å². The Kier molecular flexibility index (Phi) is 1.32. The maximum Gasteiger partial charge on any atom is 0.123 e. The van der Waals surface area contributed by atoms with Gasteiger partial charge in [-0.15, -0.1) is 11.3 Å². The number of aromatic nitrogens is 2. The van der Waals surface area contributed by atoms with Crippen LogP contribution in [0.3, 0.4) is 0 Å². The van der Waals surface area contributed by atoms with Gasteiger partial charge in [-0.3, -0.25) is 0 Å². The summed E-state index contributed by atoms with van der Waals surface area (Å²) in [6, 6.07) is 2.03. The summed E-state index contributed by atoms with van der Waals surface area (Å²) in [5, 5.41) is 0. The van der Waals surface area contributed by atoms with Crippen molar-refractivity contribution in [3.05, 3.63) is 16.2 Å². The highest BCUT2D eigenvalue weighted by atomic mass is 79.9. The molecule has 0 aromatic carbocycles. The molecule has 0 fully saturated rings. The summed E-state index contributed by atoms with van der Waals surface area (Å²) in [5.41, 5.74) is 1.07. The predicted octanol–water partition coefficient (Wildman–Crippen LogP) is 2.40. The first kappa shape index (κ1) is 6.37. The average molecular weight is 217 g/mol. The van der Waals surface area contributed by atoms with Crippen molar-refractivity contribution in [2.24, 2.45) is 7.05 Å². The molecule has 0 aliphatic heterocycles. The van der Waals surface area contributed by atoms with Crippen LogP contribution in [0.1, 0.15) is 0 Å². The number of fused-ring (bicyclic) bond motifs is 1. The first-order chi connectivity index (χ1) is 4.77. The number of thiophene rings is 1. The minimum atomic E-state index is 1.07. The fraction of sp³-hybridized carbons (Fsp3) is 0.167. The number of imidazole rings is 1. The molecule has 0 amide bonds. The van der Waals surface area contributed by atoms with Crippen molar-refractivity contribution in [2.45, 2.75) is 0 Å². The van der Waals surface area contributed by atoms with Gasteiger partial charge in [0.25, 0.3) is 0 Å². The lowest BCUT2D eigenvalue weighted by Gasteiger charge is -1.84. The summed E-state index contributed by atoms with van der Waals surface area (Å²) >= 11 is 5.11. The quantitative estimate of drug-likeness (QED) is 0.662. The highest BCUT2D eigenvalue weighted by Gasteiger charge is 2.02. The maximum absolute atomic E-state index is 4.18. The fourth-order valence-electron chi connectivity index (χ4n) is 0.890. The summed E-state index contributed by atoms with van der Waals surface area (Å²) in [6.45, 7) is 0. The third kappa shape index (κ3) is 0.793. The van der Waals surface area contributed by atoms with Gasteiger partial charge in [0.2, 0.25) is 0 Å². The molecule has 2 aromatic rings. The number of rotatable bonds is 0. The molecule has 0 N–H and O–H groups in total. The Labute approximate surface area is 70.6 Å². The van der Waals surface area contributed by atoms with Gasteiger partial charge >= 0.3 is 0 Å². The molecule has 0 unspecified atom stereocenters. The monoisotopic (exact) mass is 216 g/mol. The zero-order chi connectivity index (χ0) is 7.14. The van der Waals surface area contributed by atoms with Crippen LogP contribution < -0.4 is 0 Å². The third-order valence-electron chi connectivity index (χ3n) is 1.35. The van der Waals surface area contributed by atoms with Gasteiger partial charge in [-0.25, -0.2) is 4.98 Å². The summed E-state index contributed by atoms with van der Waals surface area (Å²) in [5.74, 6) is 0. The van der Waals surface area contributed by atoms with Crippen molar-refractivity contribution in [3.63, 3.8) is 0 Å². The Hall–Kier alpha value is -0.350. The molecular formula is C6H5BrN2S. The first-order valence-corrected chi connectivity index (χ1v) is 4.44. The van der Waals surface area contributed by atoms with Crippen LogP contribution in [0.5, 0.6) is 0 Å². The van der Waals surface area contributed by atoms with Crippen molar-refractivity contribution in [3.8, 4) is 0 Å². The molecule has 2 rings (SSSR count). The third-order valence-corrected chi connectivity index (χ3v) is 3.07. The van der Waals surface area contributed by atoms with E-state index < -0.39 is 0 Å². The molecule has 2 aromatic heterocycles. The molecule has 2 nitrogen and oxygen atoms in total. The lowest BCUT2D eigenvalue weighted by Crippen LogP contribution is -1.78. The minimum absolute atomic E-state index is 1.07. The molecule has 0 saturated carbocycles. The van der Waals surface area contributed by atoms with Crippen LogP contribution in [0.15, 0.2) is 16.2 Å². The van der Waals surface area contributed by atoms with Crippen LogP contribution in [0.25, 0.3) is 10.3 Å². The highest BCUT2D eigenvalue weighted by molar-refractivity contribution is 9.11. The lowest BCUT2D eigenvalue weighted by molar-refractivity contribution is 0.954. The Balaban J connectivity index is 2.90. The van der Waals surface area contributed by atoms with Crippen LogP contribution >= 0.6 is 27.3 Å². The van der Waals surface area contributed by atoms with Gasteiger partial charge in [-0.05, 0) is 22.0 Å². The Morgan fingerprint density at radius 1 is 1.70 bits per heavy atom. The van der Waals surface area contributed by atoms with E-state index in [9.17, 15) is 0 Å². The summed E-state index contributed by atoms with van der Waals surface area (Å²) in [6.07, 6.45) is 1.83. The maximum atomic E-state index is 4.18. The molecule has 2 heterocycles. The van der Waals surface area contributed by atoms with Gasteiger partial charge in [-0.2, -0.15) is 0 Å². The van der Waals surface area contributed by atoms with E-state index in [1.165, 1.54) is 4.83 Å². The van der Waals surface area contributed by atoms with E-state index in [0.717, 1.165) is 9.30 Å². The molecule has 0 aliphatic carbocycles. The van der Waals surface area contributed by atoms with Crippen molar-refractivity contribution in [1.29, 1.82) is 0 Å². The number of halogens is 1.